The van der Waals surface area contributed by atoms with Crippen LogP contribution >= 0.6 is 28.7 Å². The minimum atomic E-state index is -0.296. The maximum Gasteiger partial charge on any atom is 0.340 e. The molecule has 17 heavy (non-hydrogen) atoms. The summed E-state index contributed by atoms with van der Waals surface area (Å²) >= 11 is 1.39. The molecule has 1 aromatic carbocycles. The fraction of sp³-hybridized carbons (Fsp3) is 0.273. The fourth-order valence-corrected chi connectivity index (χ4v) is 2.42. The molecule has 1 unspecified atom stereocenters. The number of hydrogen-bond donors (Lipinski definition) is 1. The Morgan fingerprint density at radius 3 is 2.82 bits per heavy atom. The lowest BCUT2D eigenvalue weighted by molar-refractivity contribution is 0.0523. The topological polar surface area (TPSA) is 50.7 Å². The monoisotopic (exact) mass is 318 g/mol. The van der Waals surface area contributed by atoms with Crippen LogP contribution in [0.4, 0.5) is 0 Å². The van der Waals surface area contributed by atoms with Gasteiger partial charge in [-0.2, -0.15) is 0 Å². The van der Waals surface area contributed by atoms with Gasteiger partial charge >= 0.3 is 5.97 Å². The highest BCUT2D eigenvalue weighted by atomic mass is 79.9. The number of carbonyl (C=O) groups excluding carboxylic acids is 1. The predicted molar refractivity (Wildman–Crippen MR) is 74.9 cm³/mol. The molecule has 1 atom stereocenters. The molecule has 2 rings (SSSR count). The van der Waals surface area contributed by atoms with Gasteiger partial charge in [-0.3, -0.25) is 4.99 Å². The number of ether oxygens (including phenoxy) is 1. The normalized spacial score (nSPS) is 18.1. The highest BCUT2D eigenvalue weighted by Crippen LogP contribution is 2.38. The Bertz CT molecular complexity index is 451. The number of benzene rings is 1. The van der Waals surface area contributed by atoms with Gasteiger partial charge in [0.05, 0.1) is 5.56 Å². The van der Waals surface area contributed by atoms with Crippen molar-refractivity contribution in [1.82, 2.24) is 5.32 Å². The Kier molecular flexibility index (Phi) is 5.02. The molecule has 1 heterocycles. The van der Waals surface area contributed by atoms with Crippen LogP contribution < -0.4 is 5.32 Å². The molecule has 0 saturated heterocycles. The highest BCUT2D eigenvalue weighted by molar-refractivity contribution is 8.93. The molecule has 92 valence electrons. The van der Waals surface area contributed by atoms with Crippen molar-refractivity contribution < 1.29 is 9.53 Å². The van der Waals surface area contributed by atoms with Gasteiger partial charge in [0.15, 0.2) is 10.6 Å². The van der Waals surface area contributed by atoms with E-state index in [2.05, 4.69) is 10.3 Å². The zero-order valence-corrected chi connectivity index (χ0v) is 12.0. The van der Waals surface area contributed by atoms with E-state index in [1.54, 1.807) is 20.2 Å². The second-order valence-electron chi connectivity index (χ2n) is 3.22. The number of thioether (sulfide) groups is 1. The molecule has 0 spiro atoms. The Balaban J connectivity index is 0.00000144. The summed E-state index contributed by atoms with van der Waals surface area (Å²) in [6.45, 7) is 0. The maximum absolute atomic E-state index is 11.5. The van der Waals surface area contributed by atoms with Crippen LogP contribution in [0.5, 0.6) is 0 Å². The van der Waals surface area contributed by atoms with E-state index in [-0.39, 0.29) is 28.4 Å². The van der Waals surface area contributed by atoms with Crippen LogP contribution in [0.1, 0.15) is 21.4 Å². The number of halogens is 1. The third-order valence-corrected chi connectivity index (χ3v) is 3.46. The molecule has 0 aliphatic carbocycles. The number of nitrogens with zero attached hydrogens (tertiary/aromatic N) is 1. The number of hydrogen-bond acceptors (Lipinski definition) is 4. The standard InChI is InChI=1S/C11H12N2O2S.BrH/c1-12-11(13-2)16-10-8-6-4-3-5-7(8)9(14)15-10;/h3-6,10H,1-2H3,(H,12,13);1H/i14+2;. The molecule has 0 amide bonds. The lowest BCUT2D eigenvalue weighted by atomic mass is 10.1. The Morgan fingerprint density at radius 2 is 2.18 bits per heavy atom. The molecule has 1 aliphatic heterocycles. The van der Waals surface area contributed by atoms with Crippen LogP contribution in [-0.2, 0) is 4.74 Å². The molecule has 6 heteroatoms. The molecule has 0 radical (unpaired) electrons. The second kappa shape index (κ2) is 6.07. The van der Waals surface area contributed by atoms with Crippen LogP contribution in [0.3, 0.4) is 0 Å². The SMILES string of the molecule is Br.CN=C(NC)SC1OC(=[18O])c2ccccc21. The number of aliphatic imine (C=N–C) groups is 1. The van der Waals surface area contributed by atoms with Gasteiger partial charge in [-0.25, -0.2) is 4.79 Å². The predicted octanol–water partition coefficient (Wildman–Crippen LogP) is 2.37. The first-order valence-corrected chi connectivity index (χ1v) is 5.75. The molecular weight excluding hydrogens is 306 g/mol. The van der Waals surface area contributed by atoms with Gasteiger partial charge in [0, 0.05) is 19.7 Å². The van der Waals surface area contributed by atoms with E-state index < -0.39 is 0 Å². The third-order valence-electron chi connectivity index (χ3n) is 2.28. The Morgan fingerprint density at radius 1 is 1.47 bits per heavy atom. The molecular formula is C11H13BrN2O2S. The number of amidine groups is 1. The molecule has 4 nitrogen and oxygen atoms in total. The maximum atomic E-state index is 11.5. The quantitative estimate of drug-likeness (QED) is 0.374. The van der Waals surface area contributed by atoms with Crippen molar-refractivity contribution in [2.24, 2.45) is 4.99 Å². The van der Waals surface area contributed by atoms with Crippen molar-refractivity contribution in [1.29, 1.82) is 0 Å². The van der Waals surface area contributed by atoms with Gasteiger partial charge in [-0.15, -0.1) is 17.0 Å². The fourth-order valence-electron chi connectivity index (χ4n) is 1.52. The van der Waals surface area contributed by atoms with E-state index in [9.17, 15) is 4.79 Å². The first-order valence-electron chi connectivity index (χ1n) is 4.87. The molecule has 0 saturated carbocycles. The summed E-state index contributed by atoms with van der Waals surface area (Å²) in [5, 5.41) is 3.69. The number of carbonyl (C=O) groups is 1. The molecule has 0 aromatic heterocycles. The first kappa shape index (κ1) is 14.1. The second-order valence-corrected chi connectivity index (χ2v) is 4.27. The van der Waals surface area contributed by atoms with E-state index in [4.69, 9.17) is 4.74 Å². The minimum absolute atomic E-state index is 0. The molecule has 0 fully saturated rings. The van der Waals surface area contributed by atoms with Crippen molar-refractivity contribution in [3.8, 4) is 0 Å². The summed E-state index contributed by atoms with van der Waals surface area (Å²) in [5.41, 5.74) is 1.26. The number of fused-ring (bicyclic) bond motifs is 1. The average molecular weight is 319 g/mol. The number of esters is 1. The zero-order valence-electron chi connectivity index (χ0n) is 9.47. The van der Waals surface area contributed by atoms with E-state index >= 15 is 0 Å². The van der Waals surface area contributed by atoms with Crippen LogP contribution in [0.15, 0.2) is 29.3 Å². The van der Waals surface area contributed by atoms with Crippen molar-refractivity contribution in [2.45, 2.75) is 5.44 Å². The molecule has 1 aromatic rings. The van der Waals surface area contributed by atoms with Crippen molar-refractivity contribution >= 4 is 39.9 Å². The first-order chi connectivity index (χ1) is 7.76. The van der Waals surface area contributed by atoms with E-state index in [0.29, 0.717) is 5.56 Å². The lowest BCUT2D eigenvalue weighted by Gasteiger charge is -2.11. The third kappa shape index (κ3) is 2.81. The van der Waals surface area contributed by atoms with E-state index in [1.165, 1.54) is 11.8 Å². The summed E-state index contributed by atoms with van der Waals surface area (Å²) in [4.78, 5) is 15.6. The van der Waals surface area contributed by atoms with Crippen molar-refractivity contribution in [3.63, 3.8) is 0 Å². The van der Waals surface area contributed by atoms with Gasteiger partial charge in [0.25, 0.3) is 0 Å². The minimum Gasteiger partial charge on any atom is -0.442 e. The Labute approximate surface area is 115 Å². The summed E-state index contributed by atoms with van der Waals surface area (Å²) < 4.78 is 5.27. The summed E-state index contributed by atoms with van der Waals surface area (Å²) in [6, 6.07) is 7.41. The molecule has 0 bridgehead atoms. The van der Waals surface area contributed by atoms with Gasteiger partial charge in [0.1, 0.15) is 0 Å². The van der Waals surface area contributed by atoms with Crippen LogP contribution in [-0.4, -0.2) is 25.2 Å². The Hall–Kier alpha value is -1.01. The van der Waals surface area contributed by atoms with Gasteiger partial charge in [-0.05, 0) is 17.8 Å². The van der Waals surface area contributed by atoms with Crippen LogP contribution in [0, 0.1) is 0 Å². The van der Waals surface area contributed by atoms with Crippen molar-refractivity contribution in [2.75, 3.05) is 14.1 Å². The number of nitrogens with one attached hydrogen (secondary N) is 1. The largest absolute Gasteiger partial charge is 0.442 e. The van der Waals surface area contributed by atoms with Gasteiger partial charge < -0.3 is 10.1 Å². The van der Waals surface area contributed by atoms with Crippen molar-refractivity contribution in [3.05, 3.63) is 35.4 Å². The van der Waals surface area contributed by atoms with Crippen LogP contribution in [0.2, 0.25) is 0 Å². The smallest absolute Gasteiger partial charge is 0.340 e. The average Bonchev–Trinajstić information content (AvgIpc) is 2.64. The lowest BCUT2D eigenvalue weighted by Crippen LogP contribution is -2.15. The molecule has 1 aliphatic rings. The van der Waals surface area contributed by atoms with E-state index in [1.807, 2.05) is 18.2 Å². The molecule has 1 N–H and O–H groups in total. The summed E-state index contributed by atoms with van der Waals surface area (Å²) in [6.07, 6.45) is 0. The zero-order chi connectivity index (χ0) is 11.5. The summed E-state index contributed by atoms with van der Waals surface area (Å²) in [5.74, 6) is -0.264. The van der Waals surface area contributed by atoms with Crippen LogP contribution in [0.25, 0.3) is 0 Å². The van der Waals surface area contributed by atoms with E-state index in [0.717, 1.165) is 10.7 Å². The highest BCUT2D eigenvalue weighted by Gasteiger charge is 2.31. The number of rotatable bonds is 1. The van der Waals surface area contributed by atoms with Gasteiger partial charge in [0.2, 0.25) is 0 Å². The number of cyclic esters (lactones) is 1. The van der Waals surface area contributed by atoms with Gasteiger partial charge in [-0.1, -0.05) is 18.2 Å². The summed E-state index contributed by atoms with van der Waals surface area (Å²) in [7, 11) is 3.49.